The first-order valence-corrected chi connectivity index (χ1v) is 24.4. The number of carbonyl (C=O) groups excluding carboxylic acids is 3. The lowest BCUT2D eigenvalue weighted by Gasteiger charge is -2.47. The van der Waals surface area contributed by atoms with Gasteiger partial charge in [0.05, 0.1) is 49.6 Å². The summed E-state index contributed by atoms with van der Waals surface area (Å²) in [7, 11) is 0.896. The topological polar surface area (TPSA) is 211 Å². The smallest absolute Gasteiger partial charge is 0.407 e. The second-order valence-corrected chi connectivity index (χ2v) is 20.7. The number of aromatic nitrogens is 2. The van der Waals surface area contributed by atoms with Crippen LogP contribution in [0.5, 0.6) is 0 Å². The van der Waals surface area contributed by atoms with E-state index in [1.54, 1.807) is 63.4 Å². The third kappa shape index (κ3) is 13.7. The lowest BCUT2D eigenvalue weighted by molar-refractivity contribution is -0.220. The summed E-state index contributed by atoms with van der Waals surface area (Å²) in [5.74, 6) is 2.52. The molecular weight excluding hydrogens is 986 g/mol. The average molecular weight is 1050 g/mol. The Labute approximate surface area is 431 Å². The van der Waals surface area contributed by atoms with Crippen molar-refractivity contribution in [3.63, 3.8) is 0 Å². The van der Waals surface area contributed by atoms with Crippen LogP contribution in [0.1, 0.15) is 69.7 Å². The van der Waals surface area contributed by atoms with Crippen LogP contribution in [-0.4, -0.2) is 143 Å². The summed E-state index contributed by atoms with van der Waals surface area (Å²) < 4.78 is 85.5. The molecule has 0 saturated carbocycles. The van der Waals surface area contributed by atoms with Gasteiger partial charge in [0, 0.05) is 72.9 Å². The van der Waals surface area contributed by atoms with E-state index in [2.05, 4.69) is 47.4 Å². The van der Waals surface area contributed by atoms with Crippen LogP contribution < -0.4 is 26.3 Å². The molecule has 5 heterocycles. The predicted octanol–water partition coefficient (Wildman–Crippen LogP) is 5.79. The minimum atomic E-state index is -5.06. The van der Waals surface area contributed by atoms with E-state index in [4.69, 9.17) is 9.72 Å². The van der Waals surface area contributed by atoms with E-state index in [9.17, 15) is 42.6 Å². The maximum Gasteiger partial charge on any atom is 0.407 e. The summed E-state index contributed by atoms with van der Waals surface area (Å²) in [4.78, 5) is 66.0. The fraction of sp³-hybridized carbons (Fsp3) is 0.472. The summed E-state index contributed by atoms with van der Waals surface area (Å²) in [6.07, 6.45) is -4.71. The maximum atomic E-state index is 16.0. The van der Waals surface area contributed by atoms with Crippen LogP contribution in [0.4, 0.5) is 37.4 Å². The van der Waals surface area contributed by atoms with Crippen molar-refractivity contribution in [2.24, 2.45) is 10.8 Å². The molecule has 2 bridgehead atoms. The summed E-state index contributed by atoms with van der Waals surface area (Å²) >= 11 is 0. The summed E-state index contributed by atoms with van der Waals surface area (Å²) in [6, 6.07) is 13.3. The fourth-order valence-electron chi connectivity index (χ4n) is 9.50. The van der Waals surface area contributed by atoms with Gasteiger partial charge in [0.25, 0.3) is 5.91 Å². The van der Waals surface area contributed by atoms with Gasteiger partial charge in [-0.25, -0.2) is 28.4 Å². The number of ether oxygens (including phenoxy) is 2. The number of alkyl halides is 3. The number of anilines is 1. The molecule has 7 rings (SSSR count). The van der Waals surface area contributed by atoms with Gasteiger partial charge in [-0.05, 0) is 92.6 Å². The van der Waals surface area contributed by atoms with Crippen LogP contribution >= 0.6 is 0 Å². The monoisotopic (exact) mass is 1050 g/mol. The first kappa shape index (κ1) is 55.8. The van der Waals surface area contributed by atoms with Crippen molar-refractivity contribution in [3.05, 3.63) is 113 Å². The number of nitrogens with zero attached hydrogens (tertiary/aromatic N) is 5. The molecule has 3 aliphatic rings. The number of carboxylic acid groups (broad SMARTS) is 1. The Kier molecular flexibility index (Phi) is 17.3. The number of piperazine rings is 1. The van der Waals surface area contributed by atoms with Crippen molar-refractivity contribution in [1.82, 2.24) is 41.3 Å². The molecule has 3 saturated heterocycles. The Morgan fingerprint density at radius 2 is 1.48 bits per heavy atom. The van der Waals surface area contributed by atoms with Gasteiger partial charge in [-0.2, -0.15) is 13.2 Å². The van der Waals surface area contributed by atoms with Crippen molar-refractivity contribution in [1.29, 1.82) is 0 Å². The number of hydrazine groups is 1. The molecule has 0 radical (unpaired) electrons. The Morgan fingerprint density at radius 1 is 0.840 bits per heavy atom. The molecule has 3 fully saturated rings. The zero-order valence-corrected chi connectivity index (χ0v) is 42.4. The number of halogens is 5. The number of benzene rings is 2. The Hall–Kier alpha value is -6.93. The van der Waals surface area contributed by atoms with Crippen molar-refractivity contribution < 1.29 is 60.8 Å². The summed E-state index contributed by atoms with van der Waals surface area (Å²) in [6.45, 7) is 7.83. The van der Waals surface area contributed by atoms with Crippen LogP contribution in [0.3, 0.4) is 0 Å². The number of carbonyl (C=O) groups is 4. The van der Waals surface area contributed by atoms with Crippen LogP contribution in [0.25, 0.3) is 11.3 Å². The minimum absolute atomic E-state index is 0.0813. The number of aliphatic hydroxyl groups is 1. The molecule has 4 amide bonds. The van der Waals surface area contributed by atoms with Crippen LogP contribution in [-0.2, 0) is 32.0 Å². The number of nitrogens with one attached hydrogen (secondary N) is 4. The highest BCUT2D eigenvalue weighted by molar-refractivity contribution is 5.87. The van der Waals surface area contributed by atoms with E-state index in [1.165, 1.54) is 12.3 Å². The molecule has 2 aromatic heterocycles. The van der Waals surface area contributed by atoms with E-state index < -0.39 is 95.5 Å². The van der Waals surface area contributed by atoms with E-state index in [0.717, 1.165) is 69.2 Å². The van der Waals surface area contributed by atoms with Crippen molar-refractivity contribution >= 4 is 29.8 Å². The SMILES string of the molecule is COC(=O)NC(C(=O)NC(Cc1ccc(C#Cc2ccc(N3CC4CCC(C3)N4C3COC3)nc2)cc1)C(O)CN(Cc1c(F)cc(-c2ccccn2)cc1F)NC(=O)C(NC(=O)O)C(C)(C)C)C(C)(C)C(F)(F)F. The molecule has 6 unspecified atom stereocenters. The third-order valence-corrected chi connectivity index (χ3v) is 13.9. The van der Waals surface area contributed by atoms with Gasteiger partial charge in [-0.3, -0.25) is 24.9 Å². The van der Waals surface area contributed by atoms with Crippen molar-refractivity contribution in [2.75, 3.05) is 44.9 Å². The molecule has 22 heteroatoms. The second kappa shape index (κ2) is 23.3. The summed E-state index contributed by atoms with van der Waals surface area (Å²) in [5, 5.41) is 29.1. The van der Waals surface area contributed by atoms with Gasteiger partial charge in [-0.1, -0.05) is 50.8 Å². The third-order valence-electron chi connectivity index (χ3n) is 13.9. The Balaban J connectivity index is 1.15. The summed E-state index contributed by atoms with van der Waals surface area (Å²) in [5.41, 5.74) is -0.155. The number of amides is 4. The number of aliphatic hydroxyl groups excluding tert-OH is 1. The Morgan fingerprint density at radius 3 is 2.01 bits per heavy atom. The zero-order valence-electron chi connectivity index (χ0n) is 42.4. The van der Waals surface area contributed by atoms with Crippen molar-refractivity contribution in [3.8, 4) is 23.1 Å². The normalized spacial score (nSPS) is 18.7. The number of methoxy groups -OCH3 is 1. The largest absolute Gasteiger partial charge is 0.465 e. The standard InChI is InChI=1S/C53H62F5N9O8/c1-51(2,3)45(62-49(71)72)48(70)64-66(27-38-39(54)22-34(23-40(38)55)41-9-7-8-20-59-41)28-43(68)42(61-47(69)46(63-50(73)74-6)52(4,5)53(56,57)58)21-32-13-10-31(11-14-32)12-15-33-16-19-44(60-24-33)65-25-35-17-18-36(26-65)67(35)37-29-75-30-37/h7-11,13-14,16,19-20,22-24,35-37,42-43,45-46,62,68H,17-18,21,25-30H2,1-6H3,(H,61,69)(H,63,73)(H,64,70)(H,71,72). The van der Waals surface area contributed by atoms with E-state index >= 15 is 8.78 Å². The molecule has 17 nitrogen and oxygen atoms in total. The van der Waals surface area contributed by atoms with Gasteiger partial charge >= 0.3 is 18.4 Å². The lowest BCUT2D eigenvalue weighted by Crippen LogP contribution is -2.63. The molecule has 4 aromatic rings. The van der Waals surface area contributed by atoms with E-state index in [-0.39, 0.29) is 17.7 Å². The maximum absolute atomic E-state index is 16.0. The zero-order chi connectivity index (χ0) is 54.4. The highest BCUT2D eigenvalue weighted by Crippen LogP contribution is 2.41. The van der Waals surface area contributed by atoms with Crippen LogP contribution in [0.2, 0.25) is 0 Å². The molecule has 402 valence electrons. The molecule has 0 aliphatic carbocycles. The lowest BCUT2D eigenvalue weighted by atomic mass is 9.82. The van der Waals surface area contributed by atoms with Gasteiger partial charge < -0.3 is 40.5 Å². The van der Waals surface area contributed by atoms with Crippen LogP contribution in [0, 0.1) is 34.3 Å². The van der Waals surface area contributed by atoms with Crippen LogP contribution in [0.15, 0.2) is 79.1 Å². The van der Waals surface area contributed by atoms with Crippen molar-refractivity contribution in [2.45, 2.75) is 109 Å². The quantitative estimate of drug-likeness (QED) is 0.0421. The fourth-order valence-corrected chi connectivity index (χ4v) is 9.50. The van der Waals surface area contributed by atoms with E-state index in [0.29, 0.717) is 48.7 Å². The second-order valence-electron chi connectivity index (χ2n) is 20.7. The minimum Gasteiger partial charge on any atom is -0.465 e. The number of pyridine rings is 2. The van der Waals surface area contributed by atoms with Gasteiger partial charge in [0.15, 0.2) is 0 Å². The number of hydrogen-bond acceptors (Lipinski definition) is 12. The first-order valence-electron chi connectivity index (χ1n) is 24.4. The van der Waals surface area contributed by atoms with Gasteiger partial charge in [-0.15, -0.1) is 0 Å². The molecule has 0 spiro atoms. The Bertz CT molecular complexity index is 2690. The van der Waals surface area contributed by atoms with Gasteiger partial charge in [0.2, 0.25) is 5.91 Å². The van der Waals surface area contributed by atoms with E-state index in [1.807, 2.05) is 17.4 Å². The number of alkyl carbamates (subject to hydrolysis) is 1. The highest BCUT2D eigenvalue weighted by Gasteiger charge is 2.56. The highest BCUT2D eigenvalue weighted by atomic mass is 19.4. The average Bonchev–Trinajstić information content (AvgIpc) is 3.57. The molecular formula is C53H62F5N9O8. The first-order chi connectivity index (χ1) is 35.4. The molecule has 2 aromatic carbocycles. The number of fused-ring (bicyclic) bond motifs is 2. The van der Waals surface area contributed by atoms with Gasteiger partial charge in [0.1, 0.15) is 29.5 Å². The number of rotatable bonds is 17. The molecule has 75 heavy (non-hydrogen) atoms. The molecule has 3 aliphatic heterocycles. The number of hydrogen-bond donors (Lipinski definition) is 6. The molecule has 6 atom stereocenters. The molecule has 6 N–H and O–H groups in total. The predicted molar refractivity (Wildman–Crippen MR) is 265 cm³/mol.